The fraction of sp³-hybridized carbons (Fsp3) is 0.533. The summed E-state index contributed by atoms with van der Waals surface area (Å²) >= 11 is 6.12. The van der Waals surface area contributed by atoms with Crippen molar-refractivity contribution in [3.8, 4) is 0 Å². The molecule has 1 aromatic carbocycles. The number of hydrogen-bond donors (Lipinski definition) is 1. The van der Waals surface area contributed by atoms with Crippen LogP contribution in [0.1, 0.15) is 24.8 Å². The number of carbonyl (C=O) groups excluding carboxylic acids is 1. The van der Waals surface area contributed by atoms with Crippen LogP contribution in [0.3, 0.4) is 0 Å². The van der Waals surface area contributed by atoms with Crippen molar-refractivity contribution >= 4 is 29.9 Å². The van der Waals surface area contributed by atoms with Gasteiger partial charge in [0.1, 0.15) is 0 Å². The fourth-order valence-corrected chi connectivity index (χ4v) is 3.29. The Labute approximate surface area is 131 Å². The molecule has 5 heteroatoms. The topological polar surface area (TPSA) is 32.3 Å². The first-order valence-electron chi connectivity index (χ1n) is 6.99. The summed E-state index contributed by atoms with van der Waals surface area (Å²) in [5.74, 6) is 0.197. The van der Waals surface area contributed by atoms with E-state index in [0.29, 0.717) is 23.5 Å². The van der Waals surface area contributed by atoms with E-state index in [4.69, 9.17) is 11.6 Å². The van der Waals surface area contributed by atoms with Crippen LogP contribution in [0.2, 0.25) is 5.02 Å². The van der Waals surface area contributed by atoms with E-state index in [1.165, 1.54) is 12.8 Å². The summed E-state index contributed by atoms with van der Waals surface area (Å²) in [6, 6.07) is 8.70. The molecule has 110 valence electrons. The summed E-state index contributed by atoms with van der Waals surface area (Å²) in [5, 5.41) is 4.28. The Balaban J connectivity index is 0.00000147. The van der Waals surface area contributed by atoms with Crippen molar-refractivity contribution in [1.82, 2.24) is 10.2 Å². The summed E-state index contributed by atoms with van der Waals surface area (Å²) in [5.41, 5.74) is 0.927. The third-order valence-electron chi connectivity index (χ3n) is 4.18. The minimum atomic E-state index is 0. The highest BCUT2D eigenvalue weighted by Gasteiger charge is 2.31. The van der Waals surface area contributed by atoms with Gasteiger partial charge < -0.3 is 10.2 Å². The third-order valence-corrected chi connectivity index (χ3v) is 4.54. The van der Waals surface area contributed by atoms with E-state index in [-0.39, 0.29) is 18.3 Å². The first kappa shape index (κ1) is 15.6. The number of hydrogen-bond acceptors (Lipinski definition) is 2. The molecule has 2 aliphatic heterocycles. The van der Waals surface area contributed by atoms with Crippen LogP contribution < -0.4 is 5.32 Å². The Morgan fingerprint density at radius 2 is 2.00 bits per heavy atom. The van der Waals surface area contributed by atoms with Crippen molar-refractivity contribution in [2.24, 2.45) is 0 Å². The van der Waals surface area contributed by atoms with Gasteiger partial charge in [-0.25, -0.2) is 0 Å². The number of likely N-dealkylation sites (tertiary alicyclic amines) is 1. The first-order valence-corrected chi connectivity index (χ1v) is 7.37. The molecule has 0 aromatic heterocycles. The smallest absolute Gasteiger partial charge is 0.227 e. The second-order valence-electron chi connectivity index (χ2n) is 5.53. The standard InChI is InChI=1S/C15H19ClN2O.ClH/c16-14-4-2-1-3-11(14)9-15(19)18-8-7-12-5-6-13(10-18)17-12;/h1-4,12-13,17H,5-10H2;1H. The zero-order valence-electron chi connectivity index (χ0n) is 11.3. The maximum atomic E-state index is 12.4. The maximum Gasteiger partial charge on any atom is 0.227 e. The van der Waals surface area contributed by atoms with Crippen molar-refractivity contribution in [1.29, 1.82) is 0 Å². The van der Waals surface area contributed by atoms with Crippen LogP contribution in [0, 0.1) is 0 Å². The van der Waals surface area contributed by atoms with Crippen molar-refractivity contribution in [3.05, 3.63) is 34.9 Å². The Morgan fingerprint density at radius 1 is 1.25 bits per heavy atom. The summed E-state index contributed by atoms with van der Waals surface area (Å²) < 4.78 is 0. The van der Waals surface area contributed by atoms with Crippen molar-refractivity contribution < 1.29 is 4.79 Å². The van der Waals surface area contributed by atoms with E-state index in [0.717, 1.165) is 25.1 Å². The zero-order valence-corrected chi connectivity index (χ0v) is 12.9. The predicted molar refractivity (Wildman–Crippen MR) is 83.5 cm³/mol. The molecule has 2 saturated heterocycles. The van der Waals surface area contributed by atoms with Gasteiger partial charge in [-0.15, -0.1) is 12.4 Å². The lowest BCUT2D eigenvalue weighted by molar-refractivity contribution is -0.130. The molecule has 2 unspecified atom stereocenters. The van der Waals surface area contributed by atoms with Crippen LogP contribution in [0.15, 0.2) is 24.3 Å². The van der Waals surface area contributed by atoms with Crippen LogP contribution in [0.5, 0.6) is 0 Å². The highest BCUT2D eigenvalue weighted by molar-refractivity contribution is 6.31. The van der Waals surface area contributed by atoms with Gasteiger partial charge in [0.05, 0.1) is 6.42 Å². The van der Waals surface area contributed by atoms with Crippen LogP contribution in [0.25, 0.3) is 0 Å². The van der Waals surface area contributed by atoms with Crippen LogP contribution >= 0.6 is 24.0 Å². The minimum absolute atomic E-state index is 0. The fourth-order valence-electron chi connectivity index (χ4n) is 3.09. The Morgan fingerprint density at radius 3 is 2.80 bits per heavy atom. The number of benzene rings is 1. The number of rotatable bonds is 2. The monoisotopic (exact) mass is 314 g/mol. The van der Waals surface area contributed by atoms with E-state index < -0.39 is 0 Å². The van der Waals surface area contributed by atoms with Gasteiger partial charge in [0.2, 0.25) is 5.91 Å². The summed E-state index contributed by atoms with van der Waals surface area (Å²) in [6.45, 7) is 1.72. The molecule has 20 heavy (non-hydrogen) atoms. The van der Waals surface area contributed by atoms with E-state index in [1.54, 1.807) is 0 Å². The molecule has 1 aromatic rings. The molecule has 0 aliphatic carbocycles. The number of nitrogens with zero attached hydrogens (tertiary/aromatic N) is 1. The quantitative estimate of drug-likeness (QED) is 0.910. The third kappa shape index (κ3) is 3.46. The lowest BCUT2D eigenvalue weighted by Gasteiger charge is -2.24. The molecule has 2 aliphatic rings. The molecule has 1 N–H and O–H groups in total. The molecule has 2 bridgehead atoms. The van der Waals surface area contributed by atoms with Crippen molar-refractivity contribution in [2.75, 3.05) is 13.1 Å². The molecule has 0 saturated carbocycles. The van der Waals surface area contributed by atoms with Gasteiger partial charge in [0.25, 0.3) is 0 Å². The highest BCUT2D eigenvalue weighted by Crippen LogP contribution is 2.22. The number of amides is 1. The predicted octanol–water partition coefficient (Wildman–Crippen LogP) is 2.66. The molecule has 0 spiro atoms. The SMILES string of the molecule is Cl.O=C(Cc1ccccc1Cl)N1CCC2CCC(C1)N2. The lowest BCUT2D eigenvalue weighted by Crippen LogP contribution is -2.39. The van der Waals surface area contributed by atoms with Gasteiger partial charge in [-0.05, 0) is 30.9 Å². The zero-order chi connectivity index (χ0) is 13.2. The number of halogens is 2. The molecule has 2 heterocycles. The first-order chi connectivity index (χ1) is 9.22. The summed E-state index contributed by atoms with van der Waals surface area (Å²) in [4.78, 5) is 14.4. The highest BCUT2D eigenvalue weighted by atomic mass is 35.5. The summed E-state index contributed by atoms with van der Waals surface area (Å²) in [7, 11) is 0. The number of fused-ring (bicyclic) bond motifs is 2. The minimum Gasteiger partial charge on any atom is -0.341 e. The molecular weight excluding hydrogens is 295 g/mol. The Kier molecular flexibility index (Phi) is 5.30. The lowest BCUT2D eigenvalue weighted by atomic mass is 10.1. The maximum absolute atomic E-state index is 12.4. The average molecular weight is 315 g/mol. The Bertz CT molecular complexity index is 481. The van der Waals surface area contributed by atoms with Gasteiger partial charge in [0, 0.05) is 30.2 Å². The largest absolute Gasteiger partial charge is 0.341 e. The van der Waals surface area contributed by atoms with Gasteiger partial charge in [-0.3, -0.25) is 4.79 Å². The van der Waals surface area contributed by atoms with Crippen molar-refractivity contribution in [2.45, 2.75) is 37.8 Å². The van der Waals surface area contributed by atoms with E-state index in [1.807, 2.05) is 29.2 Å². The molecule has 2 fully saturated rings. The van der Waals surface area contributed by atoms with Gasteiger partial charge >= 0.3 is 0 Å². The normalized spacial score (nSPS) is 24.9. The number of carbonyl (C=O) groups is 1. The van der Waals surface area contributed by atoms with E-state index in [9.17, 15) is 4.79 Å². The Hall–Kier alpha value is -0.770. The van der Waals surface area contributed by atoms with Gasteiger partial charge in [0.15, 0.2) is 0 Å². The van der Waals surface area contributed by atoms with Crippen LogP contribution in [-0.2, 0) is 11.2 Å². The molecule has 0 radical (unpaired) electrons. The molecule has 3 rings (SSSR count). The molecule has 2 atom stereocenters. The van der Waals surface area contributed by atoms with Gasteiger partial charge in [-0.1, -0.05) is 29.8 Å². The van der Waals surface area contributed by atoms with Gasteiger partial charge in [-0.2, -0.15) is 0 Å². The van der Waals surface area contributed by atoms with Crippen LogP contribution in [0.4, 0.5) is 0 Å². The van der Waals surface area contributed by atoms with Crippen molar-refractivity contribution in [3.63, 3.8) is 0 Å². The summed E-state index contributed by atoms with van der Waals surface area (Å²) in [6.07, 6.45) is 3.94. The molecule has 1 amide bonds. The van der Waals surface area contributed by atoms with E-state index >= 15 is 0 Å². The average Bonchev–Trinajstić information content (AvgIpc) is 2.71. The molecule has 3 nitrogen and oxygen atoms in total. The molecular formula is C15H20Cl2N2O. The number of nitrogens with one attached hydrogen (secondary N) is 1. The second kappa shape index (κ2) is 6.79. The van der Waals surface area contributed by atoms with Crippen LogP contribution in [-0.4, -0.2) is 36.0 Å². The second-order valence-corrected chi connectivity index (χ2v) is 5.94. The van der Waals surface area contributed by atoms with E-state index in [2.05, 4.69) is 5.32 Å².